The van der Waals surface area contributed by atoms with Crippen molar-refractivity contribution in [2.24, 2.45) is 5.10 Å². The van der Waals surface area contributed by atoms with E-state index in [2.05, 4.69) is 9.93 Å². The van der Waals surface area contributed by atoms with Gasteiger partial charge in [-0.15, -0.1) is 0 Å². The van der Waals surface area contributed by atoms with E-state index < -0.39 is 16.0 Å². The zero-order valence-corrected chi connectivity index (χ0v) is 19.5. The number of methoxy groups -OCH3 is 1. The molecule has 0 fully saturated rings. The molecule has 11 heteroatoms. The van der Waals surface area contributed by atoms with Crippen LogP contribution in [0.2, 0.25) is 15.1 Å². The van der Waals surface area contributed by atoms with E-state index >= 15 is 0 Å². The first kappa shape index (κ1) is 23.9. The van der Waals surface area contributed by atoms with Gasteiger partial charge < -0.3 is 9.47 Å². The van der Waals surface area contributed by atoms with Crippen LogP contribution >= 0.6 is 34.8 Å². The van der Waals surface area contributed by atoms with Crippen LogP contribution in [0.15, 0.2) is 70.7 Å². The summed E-state index contributed by atoms with van der Waals surface area (Å²) in [6.45, 7) is 0. The van der Waals surface area contributed by atoms with Crippen LogP contribution in [0.25, 0.3) is 0 Å². The second-order valence-corrected chi connectivity index (χ2v) is 9.15. The summed E-state index contributed by atoms with van der Waals surface area (Å²) < 4.78 is 35.1. The quantitative estimate of drug-likeness (QED) is 0.203. The third kappa shape index (κ3) is 5.92. The topological polar surface area (TPSA) is 94.1 Å². The Morgan fingerprint density at radius 3 is 2.31 bits per heavy atom. The lowest BCUT2D eigenvalue weighted by atomic mass is 10.2. The lowest BCUT2D eigenvalue weighted by Crippen LogP contribution is -2.18. The molecule has 166 valence electrons. The first-order chi connectivity index (χ1) is 15.2. The van der Waals surface area contributed by atoms with Crippen molar-refractivity contribution in [1.82, 2.24) is 4.83 Å². The van der Waals surface area contributed by atoms with Crippen molar-refractivity contribution in [3.8, 4) is 11.5 Å². The lowest BCUT2D eigenvalue weighted by molar-refractivity contribution is 0.0729. The predicted molar refractivity (Wildman–Crippen MR) is 124 cm³/mol. The van der Waals surface area contributed by atoms with Crippen LogP contribution in [0.1, 0.15) is 15.9 Å². The molecule has 0 saturated heterocycles. The molecule has 32 heavy (non-hydrogen) atoms. The number of nitrogens with zero attached hydrogens (tertiary/aromatic N) is 1. The summed E-state index contributed by atoms with van der Waals surface area (Å²) in [6, 6.07) is 14.6. The number of rotatable bonds is 7. The Balaban J connectivity index is 1.72. The second kappa shape index (κ2) is 10.2. The highest BCUT2D eigenvalue weighted by Crippen LogP contribution is 2.29. The molecule has 0 atom stereocenters. The molecular formula is C21H15Cl3N2O5S. The van der Waals surface area contributed by atoms with Crippen molar-refractivity contribution in [3.05, 3.63) is 86.9 Å². The average molecular weight is 514 g/mol. The number of halogens is 3. The molecule has 0 aromatic heterocycles. The van der Waals surface area contributed by atoms with Crippen molar-refractivity contribution in [1.29, 1.82) is 0 Å². The minimum Gasteiger partial charge on any atom is -0.493 e. The number of hydrogen-bond donors (Lipinski definition) is 1. The fourth-order valence-electron chi connectivity index (χ4n) is 2.47. The Morgan fingerprint density at radius 1 is 0.938 bits per heavy atom. The molecular weight excluding hydrogens is 499 g/mol. The first-order valence-corrected chi connectivity index (χ1v) is 11.5. The highest BCUT2D eigenvalue weighted by Gasteiger charge is 2.15. The monoisotopic (exact) mass is 512 g/mol. The Labute approximate surface area is 199 Å². The average Bonchev–Trinajstić information content (AvgIpc) is 2.76. The fourth-order valence-corrected chi connectivity index (χ4v) is 3.68. The summed E-state index contributed by atoms with van der Waals surface area (Å²) in [6.07, 6.45) is 1.28. The van der Waals surface area contributed by atoms with Gasteiger partial charge in [0.1, 0.15) is 0 Å². The van der Waals surface area contributed by atoms with E-state index in [1.165, 1.54) is 67.9 Å². The van der Waals surface area contributed by atoms with Crippen LogP contribution in [-0.4, -0.2) is 27.7 Å². The van der Waals surface area contributed by atoms with Crippen molar-refractivity contribution in [3.63, 3.8) is 0 Å². The van der Waals surface area contributed by atoms with Crippen molar-refractivity contribution in [2.45, 2.75) is 4.90 Å². The van der Waals surface area contributed by atoms with E-state index in [1.807, 2.05) is 0 Å². The highest BCUT2D eigenvalue weighted by molar-refractivity contribution is 7.89. The molecule has 1 N–H and O–H groups in total. The standard InChI is InChI=1S/C21H15Cl3N2O5S/c1-30-20-10-13(12-25-26-32(28,29)16-6-4-15(22)5-7-16)2-9-19(20)31-21(27)14-3-8-17(23)18(24)11-14/h2-12,26H,1H3/b25-12-. The maximum atomic E-state index is 12.4. The second-order valence-electron chi connectivity index (χ2n) is 6.24. The largest absolute Gasteiger partial charge is 0.493 e. The van der Waals surface area contributed by atoms with Gasteiger partial charge in [0.05, 0.1) is 33.8 Å². The zero-order valence-electron chi connectivity index (χ0n) is 16.4. The summed E-state index contributed by atoms with van der Waals surface area (Å²) in [5, 5.41) is 4.71. The molecule has 3 rings (SSSR count). The smallest absolute Gasteiger partial charge is 0.343 e. The van der Waals surface area contributed by atoms with Gasteiger partial charge in [-0.1, -0.05) is 34.8 Å². The summed E-state index contributed by atoms with van der Waals surface area (Å²) in [4.78, 5) is 14.5. The van der Waals surface area contributed by atoms with Crippen LogP contribution in [-0.2, 0) is 10.0 Å². The number of sulfonamides is 1. The number of carbonyl (C=O) groups is 1. The van der Waals surface area contributed by atoms with Gasteiger partial charge in [0.25, 0.3) is 10.0 Å². The summed E-state index contributed by atoms with van der Waals surface area (Å²) in [7, 11) is -2.45. The van der Waals surface area contributed by atoms with Crippen LogP contribution in [0.3, 0.4) is 0 Å². The number of carbonyl (C=O) groups excluding carboxylic acids is 1. The SMILES string of the molecule is COc1cc(/C=N\NS(=O)(=O)c2ccc(Cl)cc2)ccc1OC(=O)c1ccc(Cl)c(Cl)c1. The van der Waals surface area contributed by atoms with Gasteiger partial charge in [0.15, 0.2) is 11.5 Å². The lowest BCUT2D eigenvalue weighted by Gasteiger charge is -2.10. The molecule has 3 aromatic rings. The number of benzene rings is 3. The summed E-state index contributed by atoms with van der Waals surface area (Å²) >= 11 is 17.6. The molecule has 0 saturated carbocycles. The maximum absolute atomic E-state index is 12.4. The van der Waals surface area contributed by atoms with Gasteiger partial charge in [-0.05, 0) is 66.2 Å². The molecule has 0 heterocycles. The van der Waals surface area contributed by atoms with Gasteiger partial charge in [-0.2, -0.15) is 13.5 Å². The van der Waals surface area contributed by atoms with E-state index in [0.717, 1.165) is 0 Å². The molecule has 0 aliphatic carbocycles. The maximum Gasteiger partial charge on any atom is 0.343 e. The number of esters is 1. The molecule has 0 radical (unpaired) electrons. The predicted octanol–water partition coefficient (Wildman–Crippen LogP) is 5.19. The van der Waals surface area contributed by atoms with Crippen molar-refractivity contribution < 1.29 is 22.7 Å². The zero-order chi connectivity index (χ0) is 23.3. The molecule has 0 aliphatic rings. The van der Waals surface area contributed by atoms with Crippen LogP contribution in [0, 0.1) is 0 Å². The minimum atomic E-state index is -3.85. The van der Waals surface area contributed by atoms with Crippen LogP contribution < -0.4 is 14.3 Å². The van der Waals surface area contributed by atoms with Crippen LogP contribution in [0.4, 0.5) is 0 Å². The number of ether oxygens (including phenoxy) is 2. The molecule has 0 spiro atoms. The van der Waals surface area contributed by atoms with E-state index in [1.54, 1.807) is 6.07 Å². The van der Waals surface area contributed by atoms with Crippen molar-refractivity contribution in [2.75, 3.05) is 7.11 Å². The highest BCUT2D eigenvalue weighted by atomic mass is 35.5. The molecule has 0 amide bonds. The first-order valence-electron chi connectivity index (χ1n) is 8.85. The number of nitrogens with one attached hydrogen (secondary N) is 1. The van der Waals surface area contributed by atoms with E-state index in [0.29, 0.717) is 15.6 Å². The Morgan fingerprint density at radius 2 is 1.66 bits per heavy atom. The van der Waals surface area contributed by atoms with Gasteiger partial charge in [0.2, 0.25) is 0 Å². The molecule has 0 aliphatic heterocycles. The normalized spacial score (nSPS) is 11.4. The van der Waals surface area contributed by atoms with Crippen LogP contribution in [0.5, 0.6) is 11.5 Å². The van der Waals surface area contributed by atoms with Crippen molar-refractivity contribution >= 4 is 57.0 Å². The Hall–Kier alpha value is -2.78. The van der Waals surface area contributed by atoms with Gasteiger partial charge in [-0.25, -0.2) is 9.63 Å². The summed E-state index contributed by atoms with van der Waals surface area (Å²) in [5.41, 5.74) is 0.707. The van der Waals surface area contributed by atoms with E-state index in [9.17, 15) is 13.2 Å². The minimum absolute atomic E-state index is 0.0150. The Kier molecular flexibility index (Phi) is 7.63. The van der Waals surface area contributed by atoms with E-state index in [4.69, 9.17) is 44.3 Å². The molecule has 3 aromatic carbocycles. The third-order valence-electron chi connectivity index (χ3n) is 4.06. The van der Waals surface area contributed by atoms with Gasteiger partial charge in [0, 0.05) is 5.02 Å². The molecule has 7 nitrogen and oxygen atoms in total. The third-order valence-corrected chi connectivity index (χ3v) is 6.29. The van der Waals surface area contributed by atoms with E-state index in [-0.39, 0.29) is 27.0 Å². The Bertz CT molecular complexity index is 1280. The van der Waals surface area contributed by atoms with Gasteiger partial charge >= 0.3 is 5.97 Å². The van der Waals surface area contributed by atoms with Gasteiger partial charge in [-0.3, -0.25) is 0 Å². The number of hydrogen-bond acceptors (Lipinski definition) is 6. The molecule has 0 unspecified atom stereocenters. The summed E-state index contributed by atoms with van der Waals surface area (Å²) in [5.74, 6) is -0.260. The molecule has 0 bridgehead atoms. The number of hydrazone groups is 1. The fraction of sp³-hybridized carbons (Fsp3) is 0.0476.